The van der Waals surface area contributed by atoms with Crippen LogP contribution in [-0.4, -0.2) is 14.5 Å². The highest BCUT2D eigenvalue weighted by Gasteiger charge is 2.15. The summed E-state index contributed by atoms with van der Waals surface area (Å²) in [5.41, 5.74) is 11.9. The first-order valence-corrected chi connectivity index (χ1v) is 10.5. The molecule has 0 saturated carbocycles. The van der Waals surface area contributed by atoms with Crippen LogP contribution >= 0.6 is 0 Å². The highest BCUT2D eigenvalue weighted by molar-refractivity contribution is 5.86. The normalized spacial score (nSPS) is 11.2. The van der Waals surface area contributed by atoms with Crippen LogP contribution in [0.15, 0.2) is 66.7 Å². The summed E-state index contributed by atoms with van der Waals surface area (Å²) in [7, 11) is 0. The van der Waals surface area contributed by atoms with E-state index in [1.807, 2.05) is 6.07 Å². The standard InChI is InChI=1S/C25H28N4/c1-2-3-14-23-28-24-22(29(23)18-20-12-8-5-9-13-20)17-21(27-25(24)26)16-15-19-10-6-4-7-11-19/h4-13,17H,2-3,14-16,18H2,1H3,(H2,26,27). The second kappa shape index (κ2) is 8.91. The molecule has 0 saturated heterocycles. The minimum absolute atomic E-state index is 0.537. The number of unbranched alkanes of at least 4 members (excludes halogenated alkanes) is 1. The van der Waals surface area contributed by atoms with Crippen molar-refractivity contribution < 1.29 is 0 Å². The maximum Gasteiger partial charge on any atom is 0.151 e. The highest BCUT2D eigenvalue weighted by Crippen LogP contribution is 2.25. The van der Waals surface area contributed by atoms with Gasteiger partial charge in [0.1, 0.15) is 11.3 Å². The lowest BCUT2D eigenvalue weighted by molar-refractivity contribution is 0.689. The number of imidazole rings is 1. The van der Waals surface area contributed by atoms with Crippen LogP contribution in [0.25, 0.3) is 11.0 Å². The molecule has 0 amide bonds. The fourth-order valence-electron chi connectivity index (χ4n) is 3.76. The Balaban J connectivity index is 1.70. The van der Waals surface area contributed by atoms with E-state index in [1.165, 1.54) is 11.1 Å². The van der Waals surface area contributed by atoms with Crippen molar-refractivity contribution in [3.05, 3.63) is 89.4 Å². The molecule has 0 aliphatic rings. The zero-order valence-corrected chi connectivity index (χ0v) is 17.0. The number of nitrogen functional groups attached to an aromatic ring is 1. The van der Waals surface area contributed by atoms with Gasteiger partial charge in [-0.25, -0.2) is 9.97 Å². The molecular formula is C25H28N4. The van der Waals surface area contributed by atoms with Crippen molar-refractivity contribution in [3.8, 4) is 0 Å². The van der Waals surface area contributed by atoms with E-state index in [-0.39, 0.29) is 0 Å². The molecule has 2 N–H and O–H groups in total. The van der Waals surface area contributed by atoms with Gasteiger partial charge in [0.25, 0.3) is 0 Å². The molecule has 29 heavy (non-hydrogen) atoms. The molecule has 0 fully saturated rings. The molecule has 0 radical (unpaired) electrons. The van der Waals surface area contributed by atoms with E-state index in [4.69, 9.17) is 10.7 Å². The predicted molar refractivity (Wildman–Crippen MR) is 120 cm³/mol. The number of rotatable bonds is 8. The van der Waals surface area contributed by atoms with Crippen molar-refractivity contribution in [3.63, 3.8) is 0 Å². The van der Waals surface area contributed by atoms with Gasteiger partial charge in [-0.15, -0.1) is 0 Å². The third-order valence-electron chi connectivity index (χ3n) is 5.35. The number of aromatic nitrogens is 3. The number of benzene rings is 2. The van der Waals surface area contributed by atoms with Crippen LogP contribution in [0.1, 0.15) is 42.4 Å². The van der Waals surface area contributed by atoms with Gasteiger partial charge in [0, 0.05) is 18.7 Å². The van der Waals surface area contributed by atoms with Gasteiger partial charge in [0.15, 0.2) is 5.82 Å². The van der Waals surface area contributed by atoms with E-state index in [2.05, 4.69) is 77.1 Å². The molecule has 0 aliphatic heterocycles. The summed E-state index contributed by atoms with van der Waals surface area (Å²) in [5, 5.41) is 0. The predicted octanol–water partition coefficient (Wildman–Crippen LogP) is 5.19. The van der Waals surface area contributed by atoms with Gasteiger partial charge in [-0.2, -0.15) is 0 Å². The lowest BCUT2D eigenvalue weighted by atomic mass is 10.1. The fourth-order valence-corrected chi connectivity index (χ4v) is 3.76. The van der Waals surface area contributed by atoms with Gasteiger partial charge < -0.3 is 10.3 Å². The molecule has 0 unspecified atom stereocenters. The molecule has 0 atom stereocenters. The van der Waals surface area contributed by atoms with Crippen LogP contribution in [0, 0.1) is 0 Å². The number of aryl methyl sites for hydroxylation is 3. The van der Waals surface area contributed by atoms with E-state index in [1.54, 1.807) is 0 Å². The molecule has 4 heteroatoms. The molecule has 2 heterocycles. The molecule has 4 nitrogen and oxygen atoms in total. The minimum Gasteiger partial charge on any atom is -0.382 e. The van der Waals surface area contributed by atoms with Crippen molar-refractivity contribution in [2.24, 2.45) is 0 Å². The average molecular weight is 385 g/mol. The summed E-state index contributed by atoms with van der Waals surface area (Å²) in [6.45, 7) is 3.01. The van der Waals surface area contributed by atoms with Crippen LogP contribution in [0.2, 0.25) is 0 Å². The number of hydrogen-bond donors (Lipinski definition) is 1. The van der Waals surface area contributed by atoms with Crippen LogP contribution in [0.5, 0.6) is 0 Å². The Bertz CT molecular complexity index is 1070. The van der Waals surface area contributed by atoms with E-state index < -0.39 is 0 Å². The van der Waals surface area contributed by atoms with Gasteiger partial charge in [-0.3, -0.25) is 0 Å². The summed E-state index contributed by atoms with van der Waals surface area (Å²) in [4.78, 5) is 9.54. The summed E-state index contributed by atoms with van der Waals surface area (Å²) >= 11 is 0. The van der Waals surface area contributed by atoms with Crippen molar-refractivity contribution >= 4 is 16.9 Å². The number of nitrogens with two attached hydrogens (primary N) is 1. The molecule has 148 valence electrons. The van der Waals surface area contributed by atoms with E-state index in [0.29, 0.717) is 5.82 Å². The Hall–Kier alpha value is -3.14. The second-order valence-electron chi connectivity index (χ2n) is 7.56. The molecule has 0 spiro atoms. The molecule has 4 aromatic rings. The topological polar surface area (TPSA) is 56.7 Å². The maximum atomic E-state index is 6.34. The van der Waals surface area contributed by atoms with Crippen molar-refractivity contribution in [2.75, 3.05) is 5.73 Å². The zero-order chi connectivity index (χ0) is 20.1. The van der Waals surface area contributed by atoms with Crippen molar-refractivity contribution in [1.82, 2.24) is 14.5 Å². The summed E-state index contributed by atoms with van der Waals surface area (Å²) in [6.07, 6.45) is 5.03. The molecule has 4 rings (SSSR count). The Labute approximate surface area is 172 Å². The minimum atomic E-state index is 0.537. The smallest absolute Gasteiger partial charge is 0.151 e. The van der Waals surface area contributed by atoms with Gasteiger partial charge in [0.2, 0.25) is 0 Å². The third-order valence-corrected chi connectivity index (χ3v) is 5.35. The first-order chi connectivity index (χ1) is 14.2. The van der Waals surface area contributed by atoms with Crippen LogP contribution in [0.4, 0.5) is 5.82 Å². The number of fused-ring (bicyclic) bond motifs is 1. The Morgan fingerprint density at radius 2 is 1.52 bits per heavy atom. The molecule has 2 aromatic carbocycles. The van der Waals surface area contributed by atoms with Gasteiger partial charge in [-0.1, -0.05) is 74.0 Å². The van der Waals surface area contributed by atoms with E-state index >= 15 is 0 Å². The first-order valence-electron chi connectivity index (χ1n) is 10.5. The third kappa shape index (κ3) is 4.48. The first kappa shape index (κ1) is 19.2. The van der Waals surface area contributed by atoms with Crippen molar-refractivity contribution in [2.45, 2.75) is 45.6 Å². The van der Waals surface area contributed by atoms with Gasteiger partial charge >= 0.3 is 0 Å². The van der Waals surface area contributed by atoms with Crippen LogP contribution in [0.3, 0.4) is 0 Å². The van der Waals surface area contributed by atoms with E-state index in [9.17, 15) is 0 Å². The SMILES string of the molecule is CCCCc1nc2c(N)nc(CCc3ccccc3)cc2n1Cc1ccccc1. The average Bonchev–Trinajstić information content (AvgIpc) is 3.10. The molecule has 2 aromatic heterocycles. The quantitative estimate of drug-likeness (QED) is 0.455. The van der Waals surface area contributed by atoms with Crippen LogP contribution in [-0.2, 0) is 25.8 Å². The summed E-state index contributed by atoms with van der Waals surface area (Å²) in [5.74, 6) is 1.63. The molecule has 0 bridgehead atoms. The zero-order valence-electron chi connectivity index (χ0n) is 17.0. The Morgan fingerprint density at radius 1 is 0.828 bits per heavy atom. The van der Waals surface area contributed by atoms with Crippen molar-refractivity contribution in [1.29, 1.82) is 0 Å². The Kier molecular flexibility index (Phi) is 5.89. The lowest BCUT2D eigenvalue weighted by Gasteiger charge is -2.10. The lowest BCUT2D eigenvalue weighted by Crippen LogP contribution is -2.06. The largest absolute Gasteiger partial charge is 0.382 e. The monoisotopic (exact) mass is 384 g/mol. The molecule has 0 aliphatic carbocycles. The summed E-state index contributed by atoms with van der Waals surface area (Å²) in [6, 6.07) is 23.2. The number of pyridine rings is 1. The van der Waals surface area contributed by atoms with Gasteiger partial charge in [-0.05, 0) is 36.5 Å². The van der Waals surface area contributed by atoms with E-state index in [0.717, 1.165) is 61.2 Å². The Morgan fingerprint density at radius 3 is 2.21 bits per heavy atom. The second-order valence-corrected chi connectivity index (χ2v) is 7.56. The summed E-state index contributed by atoms with van der Waals surface area (Å²) < 4.78 is 2.32. The van der Waals surface area contributed by atoms with Crippen LogP contribution < -0.4 is 5.73 Å². The number of anilines is 1. The highest BCUT2D eigenvalue weighted by atomic mass is 15.1. The maximum absolute atomic E-state index is 6.34. The fraction of sp³-hybridized carbons (Fsp3) is 0.280. The molecular weight excluding hydrogens is 356 g/mol. The number of nitrogens with zero attached hydrogens (tertiary/aromatic N) is 3. The van der Waals surface area contributed by atoms with Gasteiger partial charge in [0.05, 0.1) is 5.52 Å². The number of hydrogen-bond acceptors (Lipinski definition) is 3.